The fourth-order valence-corrected chi connectivity index (χ4v) is 4.46. The van der Waals surface area contributed by atoms with Gasteiger partial charge in [-0.3, -0.25) is 20.6 Å². The van der Waals surface area contributed by atoms with E-state index in [9.17, 15) is 10.0 Å². The van der Waals surface area contributed by atoms with Crippen molar-refractivity contribution in [2.75, 3.05) is 11.2 Å². The van der Waals surface area contributed by atoms with Crippen LogP contribution in [0.1, 0.15) is 16.8 Å². The van der Waals surface area contributed by atoms with Crippen molar-refractivity contribution in [1.82, 2.24) is 20.2 Å². The highest BCUT2D eigenvalue weighted by atomic mass is 32.2. The van der Waals surface area contributed by atoms with Crippen LogP contribution in [0.15, 0.2) is 72.0 Å². The number of carboxylic acids is 1. The van der Waals surface area contributed by atoms with E-state index in [0.29, 0.717) is 22.2 Å². The van der Waals surface area contributed by atoms with Gasteiger partial charge < -0.3 is 10.1 Å². The molecule has 0 radical (unpaired) electrons. The zero-order valence-corrected chi connectivity index (χ0v) is 18.8. The maximum atomic E-state index is 10.8. The SMILES string of the molecule is O=C(O)CSc1n[nH]c(-c2cc(NO)cc(C3=CCc4c(-c5ccccc5)c[nH]c4C=C3)c2)n1. The van der Waals surface area contributed by atoms with Gasteiger partial charge in [0.15, 0.2) is 5.82 Å². The Hall–Kier alpha value is -4.08. The maximum Gasteiger partial charge on any atom is 0.313 e. The van der Waals surface area contributed by atoms with Crippen LogP contribution in [-0.4, -0.2) is 42.2 Å². The summed E-state index contributed by atoms with van der Waals surface area (Å²) in [5.74, 6) is -0.567. The lowest BCUT2D eigenvalue weighted by molar-refractivity contribution is -0.133. The first-order chi connectivity index (χ1) is 16.6. The van der Waals surface area contributed by atoms with Crippen molar-refractivity contribution in [2.24, 2.45) is 0 Å². The summed E-state index contributed by atoms with van der Waals surface area (Å²) in [7, 11) is 0. The molecule has 0 bridgehead atoms. The Morgan fingerprint density at radius 3 is 2.71 bits per heavy atom. The highest BCUT2D eigenvalue weighted by Gasteiger charge is 2.15. The Balaban J connectivity index is 1.46. The Morgan fingerprint density at radius 2 is 1.91 bits per heavy atom. The van der Waals surface area contributed by atoms with Crippen LogP contribution in [0.3, 0.4) is 0 Å². The van der Waals surface area contributed by atoms with Gasteiger partial charge in [-0.15, -0.1) is 5.10 Å². The number of carboxylic acid groups (broad SMARTS) is 1. The van der Waals surface area contributed by atoms with Crippen molar-refractivity contribution in [2.45, 2.75) is 11.6 Å². The molecule has 170 valence electrons. The minimum Gasteiger partial charge on any atom is -0.481 e. The Labute approximate surface area is 199 Å². The zero-order chi connectivity index (χ0) is 23.5. The van der Waals surface area contributed by atoms with E-state index in [4.69, 9.17) is 5.11 Å². The molecule has 9 heteroatoms. The highest BCUT2D eigenvalue weighted by Crippen LogP contribution is 2.33. The number of benzene rings is 2. The number of carbonyl (C=O) groups is 1. The molecule has 1 aliphatic rings. The Morgan fingerprint density at radius 1 is 1.09 bits per heavy atom. The smallest absolute Gasteiger partial charge is 0.313 e. The van der Waals surface area contributed by atoms with Gasteiger partial charge in [0, 0.05) is 23.0 Å². The number of thioether (sulfide) groups is 1. The van der Waals surface area contributed by atoms with E-state index in [0.717, 1.165) is 35.0 Å². The van der Waals surface area contributed by atoms with E-state index in [1.54, 1.807) is 6.07 Å². The monoisotopic (exact) mass is 471 g/mol. The zero-order valence-electron chi connectivity index (χ0n) is 17.9. The number of fused-ring (bicyclic) bond motifs is 1. The van der Waals surface area contributed by atoms with Crippen LogP contribution in [0, 0.1) is 0 Å². The predicted molar refractivity (Wildman–Crippen MR) is 133 cm³/mol. The van der Waals surface area contributed by atoms with Crippen LogP contribution in [0.2, 0.25) is 0 Å². The fourth-order valence-electron chi connectivity index (χ4n) is 3.94. The number of hydrogen-bond donors (Lipinski definition) is 5. The summed E-state index contributed by atoms with van der Waals surface area (Å²) in [6.45, 7) is 0. The molecule has 0 aliphatic heterocycles. The lowest BCUT2D eigenvalue weighted by atomic mass is 9.99. The van der Waals surface area contributed by atoms with Crippen LogP contribution >= 0.6 is 11.8 Å². The third kappa shape index (κ3) is 4.52. The number of anilines is 1. The summed E-state index contributed by atoms with van der Waals surface area (Å²) >= 11 is 1.04. The molecule has 2 aromatic carbocycles. The van der Waals surface area contributed by atoms with Gasteiger partial charge in [-0.1, -0.05) is 54.2 Å². The minimum absolute atomic E-state index is 0.121. The van der Waals surface area contributed by atoms with Crippen molar-refractivity contribution in [1.29, 1.82) is 0 Å². The summed E-state index contributed by atoms with van der Waals surface area (Å²) in [4.78, 5) is 18.6. The first-order valence-corrected chi connectivity index (χ1v) is 11.6. The standard InChI is InChI=1S/C25H21N5O3S/c31-23(32)14-34-25-27-24(28-29-25)18-10-17(11-19(12-18)30-33)15-6-8-20-21(13-26-22(20)9-7-15)16-4-2-1-3-5-16/h1-7,9-13,26,30,33H,8,14H2,(H,31,32)(H,27,28,29). The van der Waals surface area contributed by atoms with Gasteiger partial charge in [-0.25, -0.2) is 4.98 Å². The summed E-state index contributed by atoms with van der Waals surface area (Å²) in [6.07, 6.45) is 9.06. The molecule has 2 heterocycles. The molecule has 0 saturated heterocycles. The molecule has 0 fully saturated rings. The normalized spacial score (nSPS) is 12.7. The number of aromatic nitrogens is 4. The minimum atomic E-state index is -0.933. The van der Waals surface area contributed by atoms with E-state index in [1.165, 1.54) is 16.7 Å². The molecule has 0 atom stereocenters. The molecule has 0 amide bonds. The fraction of sp³-hybridized carbons (Fsp3) is 0.0800. The molecule has 34 heavy (non-hydrogen) atoms. The quantitative estimate of drug-likeness (QED) is 0.187. The summed E-state index contributed by atoms with van der Waals surface area (Å²) in [6, 6.07) is 15.8. The second kappa shape index (κ2) is 9.42. The number of nitrogens with zero attached hydrogens (tertiary/aromatic N) is 2. The second-order valence-corrected chi connectivity index (χ2v) is 8.66. The molecule has 5 rings (SSSR count). The molecule has 4 aromatic rings. The lowest BCUT2D eigenvalue weighted by Gasteiger charge is -2.09. The predicted octanol–water partition coefficient (Wildman–Crippen LogP) is 5.10. The Bertz CT molecular complexity index is 1410. The molecule has 1 aliphatic carbocycles. The van der Waals surface area contributed by atoms with E-state index in [2.05, 4.69) is 49.9 Å². The molecule has 0 unspecified atom stereocenters. The van der Waals surface area contributed by atoms with E-state index in [-0.39, 0.29) is 5.75 Å². The average Bonchev–Trinajstić information content (AvgIpc) is 3.45. The van der Waals surface area contributed by atoms with Gasteiger partial charge in [0.25, 0.3) is 0 Å². The Kier molecular flexibility index (Phi) is 6.03. The highest BCUT2D eigenvalue weighted by molar-refractivity contribution is 7.99. The van der Waals surface area contributed by atoms with Crippen molar-refractivity contribution in [3.05, 3.63) is 83.7 Å². The third-order valence-electron chi connectivity index (χ3n) is 5.52. The van der Waals surface area contributed by atoms with Crippen molar-refractivity contribution < 1.29 is 15.1 Å². The van der Waals surface area contributed by atoms with Gasteiger partial charge in [0.05, 0.1) is 11.4 Å². The van der Waals surface area contributed by atoms with Gasteiger partial charge in [0.1, 0.15) is 0 Å². The van der Waals surface area contributed by atoms with Crippen LogP contribution in [0.4, 0.5) is 5.69 Å². The number of hydrogen-bond acceptors (Lipinski definition) is 6. The summed E-state index contributed by atoms with van der Waals surface area (Å²) in [5.41, 5.74) is 9.97. The van der Waals surface area contributed by atoms with Gasteiger partial charge in [-0.05, 0) is 53.0 Å². The van der Waals surface area contributed by atoms with Crippen LogP contribution in [0.25, 0.3) is 34.2 Å². The van der Waals surface area contributed by atoms with Crippen LogP contribution < -0.4 is 5.48 Å². The number of aliphatic carboxylic acids is 1. The molecule has 5 N–H and O–H groups in total. The van der Waals surface area contributed by atoms with E-state index < -0.39 is 5.97 Å². The van der Waals surface area contributed by atoms with Gasteiger partial charge >= 0.3 is 5.97 Å². The van der Waals surface area contributed by atoms with Crippen molar-refractivity contribution in [3.8, 4) is 22.5 Å². The van der Waals surface area contributed by atoms with Crippen molar-refractivity contribution in [3.63, 3.8) is 0 Å². The third-order valence-corrected chi connectivity index (χ3v) is 6.35. The molecule has 0 spiro atoms. The molecule has 8 nitrogen and oxygen atoms in total. The number of nitrogens with one attached hydrogen (secondary N) is 3. The largest absolute Gasteiger partial charge is 0.481 e. The van der Waals surface area contributed by atoms with Crippen LogP contribution in [0.5, 0.6) is 0 Å². The first kappa shape index (κ1) is 21.7. The number of rotatable bonds is 7. The molecule has 0 saturated carbocycles. The number of H-pyrrole nitrogens is 2. The molecular formula is C25H21N5O3S. The number of aromatic amines is 2. The molecule has 2 aromatic heterocycles. The summed E-state index contributed by atoms with van der Waals surface area (Å²) < 4.78 is 0. The molecular weight excluding hydrogens is 450 g/mol. The maximum absolute atomic E-state index is 10.8. The second-order valence-electron chi connectivity index (χ2n) is 7.72. The van der Waals surface area contributed by atoms with Gasteiger partial charge in [-0.2, -0.15) is 0 Å². The van der Waals surface area contributed by atoms with Gasteiger partial charge in [0.2, 0.25) is 5.16 Å². The first-order valence-electron chi connectivity index (χ1n) is 10.6. The number of allylic oxidation sites excluding steroid dienone is 3. The average molecular weight is 472 g/mol. The van der Waals surface area contributed by atoms with E-state index in [1.807, 2.05) is 42.6 Å². The van der Waals surface area contributed by atoms with Crippen LogP contribution in [-0.2, 0) is 11.2 Å². The topological polar surface area (TPSA) is 127 Å². The lowest BCUT2D eigenvalue weighted by Crippen LogP contribution is -1.97. The summed E-state index contributed by atoms with van der Waals surface area (Å²) in [5, 5.41) is 25.7. The van der Waals surface area contributed by atoms with Crippen molar-refractivity contribution >= 4 is 35.1 Å². The van der Waals surface area contributed by atoms with E-state index >= 15 is 0 Å².